The summed E-state index contributed by atoms with van der Waals surface area (Å²) in [6.45, 7) is 2.40. The van der Waals surface area contributed by atoms with Gasteiger partial charge in [0.1, 0.15) is 5.82 Å². The molecule has 6 heteroatoms. The Morgan fingerprint density at radius 2 is 1.97 bits per heavy atom. The number of amides is 1. The van der Waals surface area contributed by atoms with Crippen LogP contribution < -0.4 is 9.47 Å². The lowest BCUT2D eigenvalue weighted by molar-refractivity contribution is 0.0734. The van der Waals surface area contributed by atoms with Gasteiger partial charge in [-0.1, -0.05) is 18.2 Å². The molecular weight excluding hydrogens is 402 g/mol. The van der Waals surface area contributed by atoms with Gasteiger partial charge < -0.3 is 18.9 Å². The zero-order chi connectivity index (χ0) is 22.1. The van der Waals surface area contributed by atoms with E-state index in [1.165, 1.54) is 25.1 Å². The Bertz CT molecular complexity index is 1110. The zero-order valence-electron chi connectivity index (χ0n) is 18.7. The maximum Gasteiger partial charge on any atom is 0.254 e. The van der Waals surface area contributed by atoms with Crippen molar-refractivity contribution in [1.82, 2.24) is 14.5 Å². The Balaban J connectivity index is 1.39. The van der Waals surface area contributed by atoms with Gasteiger partial charge in [-0.25, -0.2) is 4.98 Å². The Kier molecular flexibility index (Phi) is 5.60. The molecule has 1 saturated carbocycles. The third-order valence-corrected chi connectivity index (χ3v) is 6.35. The average molecular weight is 432 g/mol. The summed E-state index contributed by atoms with van der Waals surface area (Å²) >= 11 is 0. The van der Waals surface area contributed by atoms with Crippen LogP contribution in [-0.2, 0) is 19.5 Å². The van der Waals surface area contributed by atoms with Crippen molar-refractivity contribution < 1.29 is 14.3 Å². The minimum Gasteiger partial charge on any atom is -0.493 e. The maximum atomic E-state index is 13.4. The van der Waals surface area contributed by atoms with Crippen molar-refractivity contribution >= 4 is 5.91 Å². The summed E-state index contributed by atoms with van der Waals surface area (Å²) in [5, 5.41) is 0. The predicted octanol–water partition coefficient (Wildman–Crippen LogP) is 4.57. The van der Waals surface area contributed by atoms with Crippen LogP contribution >= 0.6 is 0 Å². The number of nitrogens with zero attached hydrogens (tertiary/aromatic N) is 3. The Labute approximate surface area is 188 Å². The summed E-state index contributed by atoms with van der Waals surface area (Å²) < 4.78 is 13.0. The second-order valence-electron chi connectivity index (χ2n) is 8.74. The van der Waals surface area contributed by atoms with E-state index in [0.717, 1.165) is 36.3 Å². The number of carbonyl (C=O) groups excluding carboxylic acids is 1. The first-order chi connectivity index (χ1) is 15.6. The van der Waals surface area contributed by atoms with E-state index in [0.29, 0.717) is 29.5 Å². The topological polar surface area (TPSA) is 56.6 Å². The number of ether oxygens (including phenoxy) is 2. The van der Waals surface area contributed by atoms with Crippen LogP contribution in [-0.4, -0.2) is 41.1 Å². The molecule has 166 valence electrons. The van der Waals surface area contributed by atoms with Gasteiger partial charge >= 0.3 is 0 Å². The van der Waals surface area contributed by atoms with E-state index >= 15 is 0 Å². The molecule has 2 heterocycles. The lowest BCUT2D eigenvalue weighted by atomic mass is 10.1. The first-order valence-corrected chi connectivity index (χ1v) is 11.3. The first kappa shape index (κ1) is 20.6. The predicted molar refractivity (Wildman–Crippen MR) is 123 cm³/mol. The van der Waals surface area contributed by atoms with Gasteiger partial charge in [0.25, 0.3) is 5.91 Å². The summed E-state index contributed by atoms with van der Waals surface area (Å²) in [5.41, 5.74) is 3.85. The van der Waals surface area contributed by atoms with Gasteiger partial charge in [0.2, 0.25) is 0 Å². The molecule has 5 rings (SSSR count). The number of carbonyl (C=O) groups is 1. The average Bonchev–Trinajstić information content (AvgIpc) is 3.37. The largest absolute Gasteiger partial charge is 0.493 e. The Morgan fingerprint density at radius 3 is 2.72 bits per heavy atom. The molecule has 1 aromatic heterocycles. The molecule has 2 aliphatic rings. The van der Waals surface area contributed by atoms with E-state index in [2.05, 4.69) is 35.0 Å². The van der Waals surface area contributed by atoms with Crippen molar-refractivity contribution in [3.8, 4) is 22.8 Å². The number of imidazole rings is 1. The van der Waals surface area contributed by atoms with E-state index in [-0.39, 0.29) is 5.91 Å². The number of hydrogen-bond acceptors (Lipinski definition) is 4. The molecule has 2 aromatic carbocycles. The molecule has 0 radical (unpaired) electrons. The van der Waals surface area contributed by atoms with Crippen LogP contribution in [0.5, 0.6) is 11.5 Å². The number of aromatic nitrogens is 2. The molecule has 0 N–H and O–H groups in total. The molecule has 0 atom stereocenters. The molecule has 0 unspecified atom stereocenters. The fraction of sp³-hybridized carbons (Fsp3) is 0.385. The van der Waals surface area contributed by atoms with Crippen molar-refractivity contribution in [2.24, 2.45) is 5.92 Å². The quantitative estimate of drug-likeness (QED) is 0.524. The Hall–Kier alpha value is -3.28. The number of rotatable bonds is 8. The van der Waals surface area contributed by atoms with Gasteiger partial charge in [0.05, 0.1) is 19.9 Å². The summed E-state index contributed by atoms with van der Waals surface area (Å²) in [4.78, 5) is 20.2. The molecule has 0 saturated heterocycles. The highest BCUT2D eigenvalue weighted by Crippen LogP contribution is 2.33. The van der Waals surface area contributed by atoms with Gasteiger partial charge in [-0.2, -0.15) is 0 Å². The van der Waals surface area contributed by atoms with Gasteiger partial charge in [-0.15, -0.1) is 0 Å². The minimum absolute atomic E-state index is 0.0178. The molecule has 0 bridgehead atoms. The van der Waals surface area contributed by atoms with Crippen molar-refractivity contribution in [1.29, 1.82) is 0 Å². The lowest BCUT2D eigenvalue weighted by Gasteiger charge is -2.23. The van der Waals surface area contributed by atoms with E-state index in [9.17, 15) is 4.79 Å². The van der Waals surface area contributed by atoms with Gasteiger partial charge in [0.15, 0.2) is 11.5 Å². The van der Waals surface area contributed by atoms with E-state index < -0.39 is 0 Å². The number of aryl methyl sites for hydroxylation is 2. The molecule has 6 nitrogen and oxygen atoms in total. The molecule has 0 spiro atoms. The van der Waals surface area contributed by atoms with Crippen molar-refractivity contribution in [2.45, 2.75) is 38.8 Å². The number of fused-ring (bicyclic) bond motifs is 1. The van der Waals surface area contributed by atoms with Crippen LogP contribution in [0, 0.1) is 5.92 Å². The number of methoxy groups -OCH3 is 2. The molecular formula is C26H29N3O3. The molecule has 1 aliphatic heterocycles. The molecule has 1 aliphatic carbocycles. The summed E-state index contributed by atoms with van der Waals surface area (Å²) in [7, 11) is 3.19. The molecule has 3 aromatic rings. The second-order valence-corrected chi connectivity index (χ2v) is 8.74. The van der Waals surface area contributed by atoms with E-state index in [1.807, 2.05) is 11.0 Å². The SMILES string of the molecule is COc1ccc(C(=O)N(Cc2cccc(-c3cn4c(n3)CCC4)c2)CC2CC2)cc1OC. The first-order valence-electron chi connectivity index (χ1n) is 11.3. The van der Waals surface area contributed by atoms with Crippen molar-refractivity contribution in [3.63, 3.8) is 0 Å². The van der Waals surface area contributed by atoms with Crippen LogP contribution in [0.1, 0.15) is 41.0 Å². The zero-order valence-corrected chi connectivity index (χ0v) is 18.7. The summed E-state index contributed by atoms with van der Waals surface area (Å²) in [5.74, 6) is 2.98. The third-order valence-electron chi connectivity index (χ3n) is 6.35. The van der Waals surface area contributed by atoms with E-state index in [1.54, 1.807) is 26.4 Å². The Morgan fingerprint density at radius 1 is 1.12 bits per heavy atom. The maximum absolute atomic E-state index is 13.4. The van der Waals surface area contributed by atoms with Crippen LogP contribution in [0.15, 0.2) is 48.7 Å². The summed E-state index contributed by atoms with van der Waals surface area (Å²) in [6, 6.07) is 13.8. The normalized spacial score (nSPS) is 14.8. The standard InChI is InChI=1S/C26H29N3O3/c1-31-23-11-10-21(14-24(23)32-2)26(30)29(15-18-8-9-18)16-19-5-3-6-20(13-19)22-17-28-12-4-7-25(28)27-22/h3,5-6,10-11,13-14,17-18H,4,7-9,12,15-16H2,1-2H3. The second kappa shape index (κ2) is 8.69. The van der Waals surface area contributed by atoms with Crippen molar-refractivity contribution in [3.05, 3.63) is 65.6 Å². The lowest BCUT2D eigenvalue weighted by Crippen LogP contribution is -2.32. The smallest absolute Gasteiger partial charge is 0.254 e. The van der Waals surface area contributed by atoms with Crippen LogP contribution in [0.3, 0.4) is 0 Å². The van der Waals surface area contributed by atoms with Gasteiger partial charge in [-0.3, -0.25) is 4.79 Å². The minimum atomic E-state index is 0.0178. The summed E-state index contributed by atoms with van der Waals surface area (Å²) in [6.07, 6.45) is 6.76. The fourth-order valence-electron chi connectivity index (χ4n) is 4.43. The van der Waals surface area contributed by atoms with E-state index in [4.69, 9.17) is 14.5 Å². The number of hydrogen-bond donors (Lipinski definition) is 0. The van der Waals surface area contributed by atoms with Crippen molar-refractivity contribution in [2.75, 3.05) is 20.8 Å². The van der Waals surface area contributed by atoms with Gasteiger partial charge in [-0.05, 0) is 55.0 Å². The number of benzene rings is 2. The highest BCUT2D eigenvalue weighted by molar-refractivity contribution is 5.95. The highest BCUT2D eigenvalue weighted by Gasteiger charge is 2.28. The molecule has 1 fully saturated rings. The van der Waals surface area contributed by atoms with Gasteiger partial charge in [0, 0.05) is 43.4 Å². The van der Waals surface area contributed by atoms with Crippen LogP contribution in [0.25, 0.3) is 11.3 Å². The molecule has 1 amide bonds. The molecule has 32 heavy (non-hydrogen) atoms. The van der Waals surface area contributed by atoms with Crippen LogP contribution in [0.2, 0.25) is 0 Å². The van der Waals surface area contributed by atoms with Crippen LogP contribution in [0.4, 0.5) is 0 Å². The third kappa shape index (κ3) is 4.22. The monoisotopic (exact) mass is 431 g/mol. The highest BCUT2D eigenvalue weighted by atomic mass is 16.5. The fourth-order valence-corrected chi connectivity index (χ4v) is 4.43.